The van der Waals surface area contributed by atoms with E-state index >= 15 is 0 Å². The first-order valence-corrected chi connectivity index (χ1v) is 10.4. The molecule has 1 saturated carbocycles. The van der Waals surface area contributed by atoms with Crippen LogP contribution in [0, 0.1) is 0 Å². The van der Waals surface area contributed by atoms with Crippen LogP contribution in [0.4, 0.5) is 0 Å². The van der Waals surface area contributed by atoms with E-state index in [2.05, 4.69) is 31.8 Å². The van der Waals surface area contributed by atoms with Crippen molar-refractivity contribution in [2.75, 3.05) is 6.54 Å². The van der Waals surface area contributed by atoms with Crippen LogP contribution in [-0.4, -0.2) is 42.3 Å². The fourth-order valence-corrected chi connectivity index (χ4v) is 4.05. The normalized spacial score (nSPS) is 18.3. The van der Waals surface area contributed by atoms with Gasteiger partial charge in [0.25, 0.3) is 0 Å². The average Bonchev–Trinajstić information content (AvgIpc) is 3.31. The Labute approximate surface area is 156 Å². The molecule has 0 spiro atoms. The number of rotatable bonds is 7. The number of hydrogen-bond acceptors (Lipinski definition) is 7. The highest BCUT2D eigenvalue weighted by atomic mass is 32.2. The molecule has 9 heteroatoms. The average molecular weight is 376 g/mol. The minimum atomic E-state index is 0.224. The van der Waals surface area contributed by atoms with E-state index in [1.165, 1.54) is 0 Å². The van der Waals surface area contributed by atoms with Crippen LogP contribution < -0.4 is 0 Å². The Kier molecular flexibility index (Phi) is 5.23. The number of hydrogen-bond donors (Lipinski definition) is 0. The maximum Gasteiger partial charge on any atom is 0.229 e. The molecule has 2 aliphatic rings. The lowest BCUT2D eigenvalue weighted by molar-refractivity contribution is -0.131. The largest absolute Gasteiger partial charge is 0.339 e. The van der Waals surface area contributed by atoms with E-state index < -0.39 is 0 Å². The predicted molar refractivity (Wildman–Crippen MR) is 95.4 cm³/mol. The van der Waals surface area contributed by atoms with Crippen LogP contribution >= 0.6 is 11.8 Å². The SMILES string of the molecule is CCn1c(CN2CCCCCC2=O)nnc1SCc1noc(C2CC2)n1. The Balaban J connectivity index is 1.41. The number of nitrogens with zero attached hydrogens (tertiary/aromatic N) is 6. The van der Waals surface area contributed by atoms with Crippen LogP contribution in [0.1, 0.15) is 68.9 Å². The molecule has 26 heavy (non-hydrogen) atoms. The summed E-state index contributed by atoms with van der Waals surface area (Å²) in [5.41, 5.74) is 0. The van der Waals surface area contributed by atoms with Gasteiger partial charge in [0.2, 0.25) is 11.8 Å². The molecule has 1 aliphatic carbocycles. The van der Waals surface area contributed by atoms with Crippen molar-refractivity contribution in [1.29, 1.82) is 0 Å². The number of likely N-dealkylation sites (tertiary alicyclic amines) is 1. The third kappa shape index (κ3) is 3.92. The van der Waals surface area contributed by atoms with Crippen molar-refractivity contribution in [2.24, 2.45) is 0 Å². The number of thioether (sulfide) groups is 1. The van der Waals surface area contributed by atoms with E-state index in [1.807, 2.05) is 4.90 Å². The van der Waals surface area contributed by atoms with Crippen molar-refractivity contribution in [3.8, 4) is 0 Å². The van der Waals surface area contributed by atoms with Gasteiger partial charge in [-0.25, -0.2) is 0 Å². The van der Waals surface area contributed by atoms with Gasteiger partial charge in [-0.15, -0.1) is 10.2 Å². The fraction of sp³-hybridized carbons (Fsp3) is 0.706. The summed E-state index contributed by atoms with van der Waals surface area (Å²) >= 11 is 1.56. The van der Waals surface area contributed by atoms with Crippen molar-refractivity contribution in [2.45, 2.75) is 75.4 Å². The summed E-state index contributed by atoms with van der Waals surface area (Å²) in [6.07, 6.45) is 6.12. The zero-order chi connectivity index (χ0) is 17.9. The second-order valence-electron chi connectivity index (χ2n) is 6.88. The van der Waals surface area contributed by atoms with Crippen molar-refractivity contribution in [3.05, 3.63) is 17.5 Å². The molecule has 2 aromatic heterocycles. The second kappa shape index (κ2) is 7.77. The molecule has 8 nitrogen and oxygen atoms in total. The number of amides is 1. The second-order valence-corrected chi connectivity index (χ2v) is 7.82. The summed E-state index contributed by atoms with van der Waals surface area (Å²) in [5, 5.41) is 13.5. The van der Waals surface area contributed by atoms with E-state index in [0.29, 0.717) is 30.5 Å². The molecular weight excluding hydrogens is 352 g/mol. The van der Waals surface area contributed by atoms with E-state index in [0.717, 1.165) is 62.1 Å². The van der Waals surface area contributed by atoms with Crippen LogP contribution in [0.5, 0.6) is 0 Å². The van der Waals surface area contributed by atoms with Crippen molar-refractivity contribution >= 4 is 17.7 Å². The van der Waals surface area contributed by atoms with Gasteiger partial charge in [-0.05, 0) is 32.6 Å². The monoisotopic (exact) mass is 376 g/mol. The third-order valence-corrected chi connectivity index (χ3v) is 5.82. The quantitative estimate of drug-likeness (QED) is 0.686. The predicted octanol–water partition coefficient (Wildman–Crippen LogP) is 2.75. The lowest BCUT2D eigenvalue weighted by Crippen LogP contribution is -2.31. The Morgan fingerprint density at radius 3 is 2.92 bits per heavy atom. The lowest BCUT2D eigenvalue weighted by atomic mass is 10.2. The first-order chi connectivity index (χ1) is 12.7. The van der Waals surface area contributed by atoms with Gasteiger partial charge in [-0.1, -0.05) is 23.3 Å². The summed E-state index contributed by atoms with van der Waals surface area (Å²) in [7, 11) is 0. The molecule has 0 N–H and O–H groups in total. The van der Waals surface area contributed by atoms with E-state index in [-0.39, 0.29) is 5.91 Å². The Morgan fingerprint density at radius 2 is 2.12 bits per heavy atom. The van der Waals surface area contributed by atoms with Gasteiger partial charge in [0.15, 0.2) is 16.8 Å². The Bertz CT molecular complexity index is 769. The molecule has 2 aromatic rings. The summed E-state index contributed by atoms with van der Waals surface area (Å²) < 4.78 is 7.38. The molecule has 0 aromatic carbocycles. The summed E-state index contributed by atoms with van der Waals surface area (Å²) in [4.78, 5) is 18.6. The van der Waals surface area contributed by atoms with Crippen LogP contribution in [-0.2, 0) is 23.6 Å². The Morgan fingerprint density at radius 1 is 1.23 bits per heavy atom. The molecule has 1 saturated heterocycles. The minimum absolute atomic E-state index is 0.224. The van der Waals surface area contributed by atoms with E-state index in [1.54, 1.807) is 11.8 Å². The molecule has 0 radical (unpaired) electrons. The molecule has 0 bridgehead atoms. The zero-order valence-electron chi connectivity index (χ0n) is 15.1. The van der Waals surface area contributed by atoms with Crippen LogP contribution in [0.3, 0.4) is 0 Å². The van der Waals surface area contributed by atoms with Crippen LogP contribution in [0.25, 0.3) is 0 Å². The Hall–Kier alpha value is -1.90. The van der Waals surface area contributed by atoms with Gasteiger partial charge in [-0.2, -0.15) is 4.98 Å². The maximum absolute atomic E-state index is 12.2. The van der Waals surface area contributed by atoms with Gasteiger partial charge < -0.3 is 14.0 Å². The number of aromatic nitrogens is 5. The fourth-order valence-electron chi connectivity index (χ4n) is 3.19. The molecule has 140 valence electrons. The molecule has 3 heterocycles. The van der Waals surface area contributed by atoms with Crippen LogP contribution in [0.15, 0.2) is 9.68 Å². The van der Waals surface area contributed by atoms with E-state index in [4.69, 9.17) is 4.52 Å². The first kappa shape index (κ1) is 17.5. The first-order valence-electron chi connectivity index (χ1n) is 9.39. The highest BCUT2D eigenvalue weighted by Crippen LogP contribution is 2.39. The van der Waals surface area contributed by atoms with Crippen molar-refractivity contribution < 1.29 is 9.32 Å². The van der Waals surface area contributed by atoms with Crippen molar-refractivity contribution in [1.82, 2.24) is 29.8 Å². The number of carbonyl (C=O) groups is 1. The topological polar surface area (TPSA) is 89.9 Å². The molecule has 1 amide bonds. The highest BCUT2D eigenvalue weighted by Gasteiger charge is 2.29. The van der Waals surface area contributed by atoms with Gasteiger partial charge in [0, 0.05) is 25.4 Å². The van der Waals surface area contributed by atoms with Gasteiger partial charge in [0.1, 0.15) is 0 Å². The van der Waals surface area contributed by atoms with E-state index in [9.17, 15) is 4.79 Å². The van der Waals surface area contributed by atoms with Gasteiger partial charge in [0.05, 0.1) is 12.3 Å². The minimum Gasteiger partial charge on any atom is -0.339 e. The maximum atomic E-state index is 12.2. The highest BCUT2D eigenvalue weighted by molar-refractivity contribution is 7.98. The van der Waals surface area contributed by atoms with Crippen LogP contribution in [0.2, 0.25) is 0 Å². The number of carbonyl (C=O) groups excluding carboxylic acids is 1. The molecule has 4 rings (SSSR count). The molecule has 2 fully saturated rings. The summed E-state index contributed by atoms with van der Waals surface area (Å²) in [6, 6.07) is 0. The third-order valence-electron chi connectivity index (χ3n) is 4.85. The van der Waals surface area contributed by atoms with Crippen molar-refractivity contribution in [3.63, 3.8) is 0 Å². The molecule has 0 unspecified atom stereocenters. The van der Waals surface area contributed by atoms with Gasteiger partial charge >= 0.3 is 0 Å². The summed E-state index contributed by atoms with van der Waals surface area (Å²) in [6.45, 7) is 4.19. The smallest absolute Gasteiger partial charge is 0.229 e. The van der Waals surface area contributed by atoms with Gasteiger partial charge in [-0.3, -0.25) is 4.79 Å². The standard InChI is InChI=1S/C17H24N6O2S/c1-2-23-14(10-22-9-5-3-4-6-15(22)24)19-20-17(23)26-11-13-18-16(25-21-13)12-7-8-12/h12H,2-11H2,1H3. The zero-order valence-corrected chi connectivity index (χ0v) is 15.9. The molecular formula is C17H24N6O2S. The summed E-state index contributed by atoms with van der Waals surface area (Å²) in [5.74, 6) is 3.61. The molecule has 0 atom stereocenters. The lowest BCUT2D eigenvalue weighted by Gasteiger charge is -2.20. The molecule has 1 aliphatic heterocycles.